The van der Waals surface area contributed by atoms with Gasteiger partial charge in [-0.15, -0.1) is 0 Å². The number of aryl methyl sites for hydroxylation is 1. The molecule has 0 N–H and O–H groups in total. The summed E-state index contributed by atoms with van der Waals surface area (Å²) >= 11 is 0. The van der Waals surface area contributed by atoms with Gasteiger partial charge in [-0.05, 0) is 54.5 Å². The van der Waals surface area contributed by atoms with E-state index in [1.54, 1.807) is 0 Å². The summed E-state index contributed by atoms with van der Waals surface area (Å²) < 4.78 is 12.8. The van der Waals surface area contributed by atoms with E-state index >= 15 is 0 Å². The Labute approximate surface area is 150 Å². The van der Waals surface area contributed by atoms with Crippen molar-refractivity contribution in [1.82, 2.24) is 0 Å². The highest BCUT2D eigenvalue weighted by atomic mass is 16.5. The molecule has 3 aromatic rings. The van der Waals surface area contributed by atoms with Crippen molar-refractivity contribution >= 4 is 21.5 Å². The monoisotopic (exact) mass is 336 g/mol. The Balaban J connectivity index is 2.45. The number of ether oxygens (including phenoxy) is 2. The van der Waals surface area contributed by atoms with E-state index in [2.05, 4.69) is 90.9 Å². The number of rotatable bonds is 2. The molecule has 0 aliphatic heterocycles. The molecule has 25 heavy (non-hydrogen) atoms. The summed E-state index contributed by atoms with van der Waals surface area (Å²) in [7, 11) is 0. The van der Waals surface area contributed by atoms with Gasteiger partial charge in [0.05, 0.1) is 0 Å². The van der Waals surface area contributed by atoms with Crippen molar-refractivity contribution in [2.75, 3.05) is 0 Å². The molecule has 0 bridgehead atoms. The second kappa shape index (κ2) is 5.94. The van der Waals surface area contributed by atoms with Gasteiger partial charge in [0.15, 0.2) is 0 Å². The zero-order valence-corrected chi connectivity index (χ0v) is 16.4. The summed E-state index contributed by atoms with van der Waals surface area (Å²) in [6, 6.07) is 14.8. The fourth-order valence-corrected chi connectivity index (χ4v) is 3.05. The minimum Gasteiger partial charge on any atom is -0.487 e. The second-order valence-electron chi connectivity index (χ2n) is 8.68. The third-order valence-electron chi connectivity index (χ3n) is 3.90. The van der Waals surface area contributed by atoms with Gasteiger partial charge in [0.1, 0.15) is 22.7 Å². The normalized spacial score (nSPS) is 12.6. The van der Waals surface area contributed by atoms with Crippen LogP contribution in [-0.4, -0.2) is 11.2 Å². The standard InChI is InChI=1S/C23H28O2/c1-15-12-13-18-19(14-15)21(25-23(5,6)7)17-11-9-8-10-16(17)20(18)24-22(2,3)4/h8-14H,1-7H3. The summed E-state index contributed by atoms with van der Waals surface area (Å²) in [4.78, 5) is 0. The highest BCUT2D eigenvalue weighted by Crippen LogP contribution is 2.45. The smallest absolute Gasteiger partial charge is 0.136 e. The van der Waals surface area contributed by atoms with Gasteiger partial charge in [0.25, 0.3) is 0 Å². The Bertz CT molecular complexity index is 925. The van der Waals surface area contributed by atoms with Gasteiger partial charge < -0.3 is 9.47 Å². The zero-order valence-electron chi connectivity index (χ0n) is 16.4. The lowest BCUT2D eigenvalue weighted by molar-refractivity contribution is 0.131. The SMILES string of the molecule is Cc1ccc2c(OC(C)(C)C)c3ccccc3c(OC(C)(C)C)c2c1. The van der Waals surface area contributed by atoms with Gasteiger partial charge in [-0.1, -0.05) is 42.0 Å². The van der Waals surface area contributed by atoms with Crippen LogP contribution in [0.3, 0.4) is 0 Å². The first-order valence-corrected chi connectivity index (χ1v) is 8.88. The Morgan fingerprint density at radius 1 is 0.600 bits per heavy atom. The number of fused-ring (bicyclic) bond motifs is 2. The Hall–Kier alpha value is -2.22. The molecule has 0 aromatic heterocycles. The van der Waals surface area contributed by atoms with Gasteiger partial charge in [-0.25, -0.2) is 0 Å². The van der Waals surface area contributed by atoms with Crippen LogP contribution in [0.2, 0.25) is 0 Å². The third-order valence-corrected chi connectivity index (χ3v) is 3.90. The molecule has 0 fully saturated rings. The maximum atomic E-state index is 6.41. The van der Waals surface area contributed by atoms with E-state index in [-0.39, 0.29) is 11.2 Å². The van der Waals surface area contributed by atoms with Crippen molar-refractivity contribution in [3.63, 3.8) is 0 Å². The fraction of sp³-hybridized carbons (Fsp3) is 0.391. The van der Waals surface area contributed by atoms with Crippen molar-refractivity contribution in [2.24, 2.45) is 0 Å². The van der Waals surface area contributed by atoms with E-state index in [0.29, 0.717) is 0 Å². The Morgan fingerprint density at radius 3 is 1.52 bits per heavy atom. The van der Waals surface area contributed by atoms with Crippen LogP contribution in [0.15, 0.2) is 42.5 Å². The van der Waals surface area contributed by atoms with Crippen molar-refractivity contribution < 1.29 is 9.47 Å². The van der Waals surface area contributed by atoms with Gasteiger partial charge in [0, 0.05) is 21.5 Å². The molecule has 0 saturated carbocycles. The van der Waals surface area contributed by atoms with Crippen LogP contribution >= 0.6 is 0 Å². The predicted molar refractivity (Wildman–Crippen MR) is 107 cm³/mol. The molecule has 3 rings (SSSR count). The number of hydrogen-bond donors (Lipinski definition) is 0. The number of benzene rings is 3. The summed E-state index contributed by atoms with van der Waals surface area (Å²) in [5.74, 6) is 1.86. The molecule has 0 spiro atoms. The van der Waals surface area contributed by atoms with Gasteiger partial charge in [-0.2, -0.15) is 0 Å². The molecule has 0 atom stereocenters. The van der Waals surface area contributed by atoms with Crippen LogP contribution < -0.4 is 9.47 Å². The van der Waals surface area contributed by atoms with Crippen LogP contribution in [-0.2, 0) is 0 Å². The minimum absolute atomic E-state index is 0.271. The summed E-state index contributed by atoms with van der Waals surface area (Å²) in [6.45, 7) is 14.6. The molecule has 0 amide bonds. The van der Waals surface area contributed by atoms with E-state index in [0.717, 1.165) is 33.0 Å². The molecule has 0 aliphatic carbocycles. The first-order chi connectivity index (χ1) is 11.6. The van der Waals surface area contributed by atoms with Crippen LogP contribution in [0, 0.1) is 6.92 Å². The first kappa shape index (κ1) is 17.6. The molecule has 0 unspecified atom stereocenters. The molecule has 0 radical (unpaired) electrons. The zero-order chi connectivity index (χ0) is 18.4. The predicted octanol–water partition coefficient (Wildman–Crippen LogP) is 6.66. The summed E-state index contributed by atoms with van der Waals surface area (Å²) in [5.41, 5.74) is 0.669. The topological polar surface area (TPSA) is 18.5 Å². The van der Waals surface area contributed by atoms with Gasteiger partial charge >= 0.3 is 0 Å². The molecular weight excluding hydrogens is 308 g/mol. The fourth-order valence-electron chi connectivity index (χ4n) is 3.05. The lowest BCUT2D eigenvalue weighted by Crippen LogP contribution is -2.24. The van der Waals surface area contributed by atoms with E-state index in [1.165, 1.54) is 5.56 Å². The van der Waals surface area contributed by atoms with Crippen molar-refractivity contribution in [3.8, 4) is 11.5 Å². The number of hydrogen-bond acceptors (Lipinski definition) is 2. The maximum absolute atomic E-state index is 6.41. The van der Waals surface area contributed by atoms with E-state index in [9.17, 15) is 0 Å². The molecule has 2 heteroatoms. The quantitative estimate of drug-likeness (QED) is 0.487. The molecular formula is C23H28O2. The highest BCUT2D eigenvalue weighted by molar-refractivity contribution is 6.11. The van der Waals surface area contributed by atoms with E-state index < -0.39 is 0 Å². The average molecular weight is 336 g/mol. The lowest BCUT2D eigenvalue weighted by Gasteiger charge is -2.28. The Kier molecular flexibility index (Phi) is 4.18. The van der Waals surface area contributed by atoms with E-state index in [4.69, 9.17) is 9.47 Å². The molecule has 0 heterocycles. The van der Waals surface area contributed by atoms with E-state index in [1.807, 2.05) is 0 Å². The van der Waals surface area contributed by atoms with Crippen LogP contribution in [0.1, 0.15) is 47.1 Å². The van der Waals surface area contributed by atoms with Gasteiger partial charge in [-0.3, -0.25) is 0 Å². The Morgan fingerprint density at radius 2 is 1.04 bits per heavy atom. The molecule has 2 nitrogen and oxygen atoms in total. The molecule has 0 saturated heterocycles. The van der Waals surface area contributed by atoms with Crippen LogP contribution in [0.25, 0.3) is 21.5 Å². The van der Waals surface area contributed by atoms with Crippen LogP contribution in [0.4, 0.5) is 0 Å². The summed E-state index contributed by atoms with van der Waals surface area (Å²) in [6.07, 6.45) is 0. The highest BCUT2D eigenvalue weighted by Gasteiger charge is 2.23. The van der Waals surface area contributed by atoms with Crippen molar-refractivity contribution in [2.45, 2.75) is 59.7 Å². The average Bonchev–Trinajstić information content (AvgIpc) is 2.48. The van der Waals surface area contributed by atoms with Crippen molar-refractivity contribution in [1.29, 1.82) is 0 Å². The van der Waals surface area contributed by atoms with Crippen molar-refractivity contribution in [3.05, 3.63) is 48.0 Å². The minimum atomic E-state index is -0.272. The molecule has 0 aliphatic rings. The maximum Gasteiger partial charge on any atom is 0.136 e. The van der Waals surface area contributed by atoms with Gasteiger partial charge in [0.2, 0.25) is 0 Å². The lowest BCUT2D eigenvalue weighted by atomic mass is 9.98. The second-order valence-corrected chi connectivity index (χ2v) is 8.68. The third kappa shape index (κ3) is 3.73. The summed E-state index contributed by atoms with van der Waals surface area (Å²) in [5, 5.41) is 4.38. The first-order valence-electron chi connectivity index (χ1n) is 8.88. The molecule has 132 valence electrons. The largest absolute Gasteiger partial charge is 0.487 e. The van der Waals surface area contributed by atoms with Crippen LogP contribution in [0.5, 0.6) is 11.5 Å². The molecule has 3 aromatic carbocycles.